The van der Waals surface area contributed by atoms with Gasteiger partial charge in [-0.2, -0.15) is 0 Å². The Hall–Kier alpha value is -2.12. The Morgan fingerprint density at radius 2 is 2.00 bits per heavy atom. The molecule has 2 aliphatic rings. The molecule has 0 bridgehead atoms. The van der Waals surface area contributed by atoms with Crippen LogP contribution in [0.2, 0.25) is 0 Å². The van der Waals surface area contributed by atoms with E-state index in [0.29, 0.717) is 38.5 Å². The molecule has 1 aromatic rings. The van der Waals surface area contributed by atoms with Gasteiger partial charge in [-0.15, -0.1) is 10.2 Å². The summed E-state index contributed by atoms with van der Waals surface area (Å²) in [6.45, 7) is 9.48. The summed E-state index contributed by atoms with van der Waals surface area (Å²) in [5.41, 5.74) is 0. The molecule has 3 rings (SSSR count). The molecule has 0 aliphatic carbocycles. The molecule has 1 aromatic heterocycles. The lowest BCUT2D eigenvalue weighted by Gasteiger charge is -2.36. The lowest BCUT2D eigenvalue weighted by atomic mass is 10.0. The number of rotatable bonds is 5. The number of hydrogen-bond acceptors (Lipinski definition) is 4. The number of amides is 3. The van der Waals surface area contributed by atoms with Crippen LogP contribution < -0.4 is 5.32 Å². The van der Waals surface area contributed by atoms with Gasteiger partial charge in [-0.3, -0.25) is 4.79 Å². The van der Waals surface area contributed by atoms with Crippen molar-refractivity contribution in [3.8, 4) is 0 Å². The zero-order chi connectivity index (χ0) is 19.4. The van der Waals surface area contributed by atoms with Crippen molar-refractivity contribution < 1.29 is 9.59 Å². The van der Waals surface area contributed by atoms with Gasteiger partial charge in [0.1, 0.15) is 0 Å². The Bertz CT molecular complexity index is 671. The number of nitrogens with one attached hydrogen (secondary N) is 1. The second-order valence-electron chi connectivity index (χ2n) is 7.91. The number of carbonyl (C=O) groups is 2. The van der Waals surface area contributed by atoms with Crippen molar-refractivity contribution in [3.63, 3.8) is 0 Å². The number of carbonyl (C=O) groups excluding carboxylic acids is 2. The standard InChI is InChI=1S/C19H32N6O2/c1-4-17(26)24-10-6-5-7-15(24)18-22-21-16-13-23(11-12-25(16)18)19(27)20-9-8-14(2)3/h14-15H,4-13H2,1-3H3,(H,20,27). The molecular formula is C19H32N6O2. The zero-order valence-corrected chi connectivity index (χ0v) is 16.8. The van der Waals surface area contributed by atoms with Crippen LogP contribution in [0.25, 0.3) is 0 Å². The van der Waals surface area contributed by atoms with E-state index in [0.717, 1.165) is 43.9 Å². The summed E-state index contributed by atoms with van der Waals surface area (Å²) in [6.07, 6.45) is 4.58. The molecule has 0 saturated carbocycles. The molecule has 8 nitrogen and oxygen atoms in total. The minimum absolute atomic E-state index is 0.0128. The smallest absolute Gasteiger partial charge is 0.317 e. The number of piperidine rings is 1. The molecule has 8 heteroatoms. The predicted octanol–water partition coefficient (Wildman–Crippen LogP) is 2.31. The Morgan fingerprint density at radius 1 is 1.19 bits per heavy atom. The molecule has 1 unspecified atom stereocenters. The highest BCUT2D eigenvalue weighted by atomic mass is 16.2. The Kier molecular flexibility index (Phi) is 6.34. The molecule has 1 N–H and O–H groups in total. The van der Waals surface area contributed by atoms with Gasteiger partial charge < -0.3 is 19.7 Å². The van der Waals surface area contributed by atoms with Crippen LogP contribution in [0.1, 0.15) is 70.6 Å². The molecule has 2 aliphatic heterocycles. The Balaban J connectivity index is 1.67. The average molecular weight is 377 g/mol. The van der Waals surface area contributed by atoms with E-state index in [1.165, 1.54) is 0 Å². The highest BCUT2D eigenvalue weighted by molar-refractivity contribution is 5.76. The van der Waals surface area contributed by atoms with Gasteiger partial charge in [-0.1, -0.05) is 20.8 Å². The molecular weight excluding hydrogens is 344 g/mol. The maximum Gasteiger partial charge on any atom is 0.317 e. The van der Waals surface area contributed by atoms with E-state index in [1.807, 2.05) is 11.8 Å². The molecule has 0 radical (unpaired) electrons. The van der Waals surface area contributed by atoms with Crippen molar-refractivity contribution >= 4 is 11.9 Å². The number of likely N-dealkylation sites (tertiary alicyclic amines) is 1. The summed E-state index contributed by atoms with van der Waals surface area (Å²) >= 11 is 0. The molecule has 3 heterocycles. The maximum absolute atomic E-state index is 12.4. The van der Waals surface area contributed by atoms with Crippen molar-refractivity contribution in [2.45, 2.75) is 72.0 Å². The van der Waals surface area contributed by atoms with Crippen LogP contribution in [-0.2, 0) is 17.9 Å². The van der Waals surface area contributed by atoms with Crippen LogP contribution >= 0.6 is 0 Å². The van der Waals surface area contributed by atoms with E-state index in [2.05, 4.69) is 33.9 Å². The van der Waals surface area contributed by atoms with Gasteiger partial charge in [0.15, 0.2) is 11.6 Å². The highest BCUT2D eigenvalue weighted by Gasteiger charge is 2.33. The zero-order valence-electron chi connectivity index (χ0n) is 16.8. The second kappa shape index (κ2) is 8.71. The summed E-state index contributed by atoms with van der Waals surface area (Å²) < 4.78 is 2.11. The third-order valence-electron chi connectivity index (χ3n) is 5.49. The largest absolute Gasteiger partial charge is 0.338 e. The van der Waals surface area contributed by atoms with Crippen LogP contribution in [0.3, 0.4) is 0 Å². The first-order chi connectivity index (χ1) is 13.0. The van der Waals surface area contributed by atoms with Gasteiger partial charge in [-0.05, 0) is 31.6 Å². The normalized spacial score (nSPS) is 19.9. The third kappa shape index (κ3) is 4.42. The number of aromatic nitrogens is 3. The summed E-state index contributed by atoms with van der Waals surface area (Å²) in [7, 11) is 0. The topological polar surface area (TPSA) is 83.4 Å². The molecule has 27 heavy (non-hydrogen) atoms. The maximum atomic E-state index is 12.4. The first-order valence-corrected chi connectivity index (χ1v) is 10.3. The number of fused-ring (bicyclic) bond motifs is 1. The first kappa shape index (κ1) is 19.6. The first-order valence-electron chi connectivity index (χ1n) is 10.3. The predicted molar refractivity (Wildman–Crippen MR) is 102 cm³/mol. The van der Waals surface area contributed by atoms with Crippen LogP contribution in [0.5, 0.6) is 0 Å². The molecule has 3 amide bonds. The van der Waals surface area contributed by atoms with Crippen molar-refractivity contribution in [2.24, 2.45) is 5.92 Å². The molecule has 0 aromatic carbocycles. The second-order valence-corrected chi connectivity index (χ2v) is 7.91. The molecule has 1 saturated heterocycles. The van der Waals surface area contributed by atoms with Gasteiger partial charge in [0.25, 0.3) is 0 Å². The van der Waals surface area contributed by atoms with Gasteiger partial charge in [0.2, 0.25) is 5.91 Å². The van der Waals surface area contributed by atoms with Crippen molar-refractivity contribution in [1.29, 1.82) is 0 Å². The Labute approximate surface area is 161 Å². The Morgan fingerprint density at radius 3 is 2.74 bits per heavy atom. The fourth-order valence-corrected chi connectivity index (χ4v) is 3.88. The summed E-state index contributed by atoms with van der Waals surface area (Å²) in [4.78, 5) is 28.5. The number of urea groups is 1. The lowest BCUT2D eigenvalue weighted by Crippen LogP contribution is -2.45. The van der Waals surface area contributed by atoms with E-state index in [9.17, 15) is 9.59 Å². The van der Waals surface area contributed by atoms with Gasteiger partial charge in [0, 0.05) is 32.6 Å². The number of hydrogen-bond donors (Lipinski definition) is 1. The van der Waals surface area contributed by atoms with Crippen LogP contribution in [0.15, 0.2) is 0 Å². The molecule has 1 fully saturated rings. The highest BCUT2D eigenvalue weighted by Crippen LogP contribution is 2.31. The van der Waals surface area contributed by atoms with Gasteiger partial charge >= 0.3 is 6.03 Å². The molecule has 1 atom stereocenters. The SMILES string of the molecule is CCC(=O)N1CCCCC1c1nnc2n1CCN(C(=O)NCCC(C)C)C2. The van der Waals surface area contributed by atoms with Gasteiger partial charge in [-0.25, -0.2) is 4.79 Å². The van der Waals surface area contributed by atoms with E-state index in [4.69, 9.17) is 0 Å². The molecule has 0 spiro atoms. The van der Waals surface area contributed by atoms with Crippen LogP contribution in [0, 0.1) is 5.92 Å². The third-order valence-corrected chi connectivity index (χ3v) is 5.49. The van der Waals surface area contributed by atoms with E-state index in [-0.39, 0.29) is 18.0 Å². The van der Waals surface area contributed by atoms with Crippen molar-refractivity contribution in [2.75, 3.05) is 19.6 Å². The fraction of sp³-hybridized carbons (Fsp3) is 0.789. The van der Waals surface area contributed by atoms with Crippen molar-refractivity contribution in [1.82, 2.24) is 29.9 Å². The van der Waals surface area contributed by atoms with E-state index in [1.54, 1.807) is 4.90 Å². The van der Waals surface area contributed by atoms with E-state index < -0.39 is 0 Å². The lowest BCUT2D eigenvalue weighted by molar-refractivity contribution is -0.135. The van der Waals surface area contributed by atoms with Crippen LogP contribution in [0.4, 0.5) is 4.79 Å². The van der Waals surface area contributed by atoms with Gasteiger partial charge in [0.05, 0.1) is 12.6 Å². The minimum atomic E-state index is -0.0353. The summed E-state index contributed by atoms with van der Waals surface area (Å²) in [6, 6.07) is -0.0224. The fourth-order valence-electron chi connectivity index (χ4n) is 3.88. The van der Waals surface area contributed by atoms with Crippen molar-refractivity contribution in [3.05, 3.63) is 11.6 Å². The monoisotopic (exact) mass is 376 g/mol. The quantitative estimate of drug-likeness (QED) is 0.855. The van der Waals surface area contributed by atoms with Crippen LogP contribution in [-0.4, -0.2) is 56.1 Å². The minimum Gasteiger partial charge on any atom is -0.338 e. The molecule has 150 valence electrons. The average Bonchev–Trinajstić information content (AvgIpc) is 3.10. The van der Waals surface area contributed by atoms with E-state index >= 15 is 0 Å². The summed E-state index contributed by atoms with van der Waals surface area (Å²) in [5.74, 6) is 2.44. The summed E-state index contributed by atoms with van der Waals surface area (Å²) in [5, 5.41) is 11.8. The number of nitrogens with zero attached hydrogens (tertiary/aromatic N) is 5.